The monoisotopic (exact) mass is 455 g/mol. The quantitative estimate of drug-likeness (QED) is 0.262. The summed E-state index contributed by atoms with van der Waals surface area (Å²) in [4.78, 5) is 15.9. The Morgan fingerprint density at radius 1 is 1.16 bits per heavy atom. The molecule has 0 aliphatic rings. The molecule has 1 N–H and O–H groups in total. The van der Waals surface area contributed by atoms with Gasteiger partial charge in [0.2, 0.25) is 10.9 Å². The van der Waals surface area contributed by atoms with Crippen molar-refractivity contribution in [3.63, 3.8) is 0 Å². The maximum absolute atomic E-state index is 11.6. The van der Waals surface area contributed by atoms with Crippen molar-refractivity contribution in [2.75, 3.05) is 26.3 Å². The molecule has 9 heteroatoms. The van der Waals surface area contributed by atoms with E-state index in [1.54, 1.807) is 32.7 Å². The number of anilines is 1. The minimum Gasteiger partial charge on any atom is -0.493 e. The van der Waals surface area contributed by atoms with Crippen molar-refractivity contribution in [2.24, 2.45) is 5.10 Å². The Kier molecular flexibility index (Phi) is 8.44. The molecule has 0 amide bonds. The fourth-order valence-electron chi connectivity index (χ4n) is 2.81. The highest BCUT2D eigenvalue weighted by atomic mass is 32.1. The van der Waals surface area contributed by atoms with Gasteiger partial charge < -0.3 is 18.9 Å². The SMILES string of the molecule is CCOC(=O)Cc1csc(N/N=C\c2cc(OC)c(OCc3ccccc3)c(OC)c2)n1. The molecule has 0 radical (unpaired) electrons. The Labute approximate surface area is 190 Å². The minimum absolute atomic E-state index is 0.134. The van der Waals surface area contributed by atoms with Gasteiger partial charge in [0.1, 0.15) is 6.61 Å². The van der Waals surface area contributed by atoms with Crippen LogP contribution in [-0.4, -0.2) is 38.0 Å². The van der Waals surface area contributed by atoms with Crippen molar-refractivity contribution in [3.8, 4) is 17.2 Å². The number of methoxy groups -OCH3 is 2. The van der Waals surface area contributed by atoms with Crippen LogP contribution in [0.25, 0.3) is 0 Å². The first kappa shape index (κ1) is 23.1. The third-order valence-corrected chi connectivity index (χ3v) is 5.06. The molecular formula is C23H25N3O5S. The van der Waals surface area contributed by atoms with Crippen LogP contribution in [0, 0.1) is 0 Å². The molecule has 1 aromatic heterocycles. The van der Waals surface area contributed by atoms with Crippen LogP contribution in [0.5, 0.6) is 17.2 Å². The normalized spacial score (nSPS) is 10.7. The summed E-state index contributed by atoms with van der Waals surface area (Å²) in [5.41, 5.74) is 5.29. The fourth-order valence-corrected chi connectivity index (χ4v) is 3.47. The second-order valence-corrected chi connectivity index (χ2v) is 7.38. The van der Waals surface area contributed by atoms with Gasteiger partial charge in [-0.3, -0.25) is 10.2 Å². The number of nitrogens with one attached hydrogen (secondary N) is 1. The molecule has 3 aromatic rings. The maximum Gasteiger partial charge on any atom is 0.311 e. The maximum atomic E-state index is 11.6. The molecule has 0 aliphatic heterocycles. The van der Waals surface area contributed by atoms with Crippen LogP contribution in [0.2, 0.25) is 0 Å². The highest BCUT2D eigenvalue weighted by Crippen LogP contribution is 2.38. The van der Waals surface area contributed by atoms with Crippen molar-refractivity contribution in [1.29, 1.82) is 0 Å². The number of benzene rings is 2. The average Bonchev–Trinajstić information content (AvgIpc) is 3.25. The number of aromatic nitrogens is 1. The van der Waals surface area contributed by atoms with Crippen LogP contribution in [0.3, 0.4) is 0 Å². The van der Waals surface area contributed by atoms with Crippen molar-refractivity contribution < 1.29 is 23.7 Å². The van der Waals surface area contributed by atoms with Gasteiger partial charge in [-0.05, 0) is 24.6 Å². The molecule has 0 bridgehead atoms. The molecule has 8 nitrogen and oxygen atoms in total. The lowest BCUT2D eigenvalue weighted by molar-refractivity contribution is -0.142. The number of hydrogen-bond acceptors (Lipinski definition) is 9. The largest absolute Gasteiger partial charge is 0.493 e. The molecule has 0 spiro atoms. The van der Waals surface area contributed by atoms with Gasteiger partial charge in [-0.25, -0.2) is 4.98 Å². The summed E-state index contributed by atoms with van der Waals surface area (Å²) in [5.74, 6) is 1.29. The van der Waals surface area contributed by atoms with Gasteiger partial charge in [-0.15, -0.1) is 11.3 Å². The predicted octanol–water partition coefficient (Wildman–Crippen LogP) is 4.29. The van der Waals surface area contributed by atoms with Crippen LogP contribution in [0.4, 0.5) is 5.13 Å². The highest BCUT2D eigenvalue weighted by Gasteiger charge is 2.14. The van der Waals surface area contributed by atoms with Crippen LogP contribution >= 0.6 is 11.3 Å². The van der Waals surface area contributed by atoms with Crippen molar-refractivity contribution in [3.05, 3.63) is 64.7 Å². The summed E-state index contributed by atoms with van der Waals surface area (Å²) in [6, 6.07) is 13.5. The summed E-state index contributed by atoms with van der Waals surface area (Å²) < 4.78 is 21.9. The molecular weight excluding hydrogens is 430 g/mol. The number of esters is 1. The van der Waals surface area contributed by atoms with Gasteiger partial charge >= 0.3 is 5.97 Å². The summed E-state index contributed by atoms with van der Waals surface area (Å²) in [6.45, 7) is 2.51. The molecule has 168 valence electrons. The number of carbonyl (C=O) groups excluding carboxylic acids is 1. The molecule has 3 rings (SSSR count). The van der Waals surface area contributed by atoms with E-state index in [4.69, 9.17) is 18.9 Å². The number of rotatable bonds is 11. The van der Waals surface area contributed by atoms with Crippen LogP contribution < -0.4 is 19.6 Å². The van der Waals surface area contributed by atoms with Crippen LogP contribution in [0.15, 0.2) is 52.9 Å². The second-order valence-electron chi connectivity index (χ2n) is 6.52. The summed E-state index contributed by atoms with van der Waals surface area (Å²) in [6.07, 6.45) is 1.76. The lowest BCUT2D eigenvalue weighted by Gasteiger charge is -2.15. The molecule has 2 aromatic carbocycles. The molecule has 0 atom stereocenters. The number of hydrogen-bond donors (Lipinski definition) is 1. The average molecular weight is 456 g/mol. The number of carbonyl (C=O) groups is 1. The second kappa shape index (κ2) is 11.7. The van der Waals surface area contributed by atoms with E-state index in [1.807, 2.05) is 42.5 Å². The van der Waals surface area contributed by atoms with Crippen molar-refractivity contribution in [1.82, 2.24) is 4.98 Å². The van der Waals surface area contributed by atoms with E-state index in [9.17, 15) is 4.79 Å². The van der Waals surface area contributed by atoms with E-state index >= 15 is 0 Å². The first-order valence-corrected chi connectivity index (χ1v) is 10.8. The van der Waals surface area contributed by atoms with Gasteiger partial charge in [-0.1, -0.05) is 30.3 Å². The number of thiazole rings is 1. The Bertz CT molecular complexity index is 1030. The van der Waals surface area contributed by atoms with E-state index in [1.165, 1.54) is 11.3 Å². The van der Waals surface area contributed by atoms with E-state index in [2.05, 4.69) is 15.5 Å². The number of nitrogens with zero attached hydrogens (tertiary/aromatic N) is 2. The molecule has 32 heavy (non-hydrogen) atoms. The fraction of sp³-hybridized carbons (Fsp3) is 0.261. The van der Waals surface area contributed by atoms with Crippen molar-refractivity contribution >= 4 is 28.7 Å². The molecule has 0 saturated heterocycles. The standard InChI is InChI=1S/C23H25N3O5S/c1-4-30-21(27)12-18-15-32-23(25-18)26-24-13-17-10-19(28-2)22(20(11-17)29-3)31-14-16-8-6-5-7-9-16/h5-11,13,15H,4,12,14H2,1-3H3,(H,25,26)/b24-13-. The van der Waals surface area contributed by atoms with Gasteiger partial charge in [0.15, 0.2) is 11.5 Å². The van der Waals surface area contributed by atoms with Crippen LogP contribution in [0.1, 0.15) is 23.7 Å². The Balaban J connectivity index is 1.67. The van der Waals surface area contributed by atoms with Gasteiger partial charge in [0.05, 0.1) is 39.2 Å². The predicted molar refractivity (Wildman–Crippen MR) is 124 cm³/mol. The molecule has 0 unspecified atom stereocenters. The lowest BCUT2D eigenvalue weighted by atomic mass is 10.2. The Hall–Kier alpha value is -3.59. The highest BCUT2D eigenvalue weighted by molar-refractivity contribution is 7.13. The van der Waals surface area contributed by atoms with Gasteiger partial charge in [0.25, 0.3) is 0 Å². The van der Waals surface area contributed by atoms with Crippen LogP contribution in [-0.2, 0) is 22.6 Å². The van der Waals surface area contributed by atoms with E-state index in [-0.39, 0.29) is 12.4 Å². The summed E-state index contributed by atoms with van der Waals surface area (Å²) in [7, 11) is 3.15. The summed E-state index contributed by atoms with van der Waals surface area (Å²) >= 11 is 1.35. The molecule has 0 saturated carbocycles. The zero-order valence-electron chi connectivity index (χ0n) is 18.2. The third kappa shape index (κ3) is 6.45. The first-order chi connectivity index (χ1) is 15.6. The third-order valence-electron chi connectivity index (χ3n) is 4.27. The van der Waals surface area contributed by atoms with E-state index < -0.39 is 0 Å². The zero-order valence-corrected chi connectivity index (χ0v) is 19.0. The Morgan fingerprint density at radius 2 is 1.88 bits per heavy atom. The topological polar surface area (TPSA) is 91.3 Å². The Morgan fingerprint density at radius 3 is 2.53 bits per heavy atom. The summed E-state index contributed by atoms with van der Waals surface area (Å²) in [5, 5.41) is 6.58. The molecule has 0 aliphatic carbocycles. The lowest BCUT2D eigenvalue weighted by Crippen LogP contribution is -2.07. The van der Waals surface area contributed by atoms with E-state index in [0.717, 1.165) is 11.1 Å². The van der Waals surface area contributed by atoms with Gasteiger partial charge in [0, 0.05) is 10.9 Å². The van der Waals surface area contributed by atoms with Crippen molar-refractivity contribution in [2.45, 2.75) is 20.0 Å². The van der Waals surface area contributed by atoms with E-state index in [0.29, 0.717) is 41.3 Å². The smallest absolute Gasteiger partial charge is 0.311 e. The zero-order chi connectivity index (χ0) is 22.8. The van der Waals surface area contributed by atoms with Gasteiger partial charge in [-0.2, -0.15) is 5.10 Å². The first-order valence-electron chi connectivity index (χ1n) is 9.94. The minimum atomic E-state index is -0.304. The number of hydrazone groups is 1. The molecule has 1 heterocycles. The molecule has 0 fully saturated rings. The number of ether oxygens (including phenoxy) is 4.